The van der Waals surface area contributed by atoms with Crippen molar-refractivity contribution in [2.75, 3.05) is 11.1 Å². The van der Waals surface area contributed by atoms with Crippen molar-refractivity contribution in [3.8, 4) is 5.69 Å². The Bertz CT molecular complexity index is 1530. The first-order chi connectivity index (χ1) is 16.0. The summed E-state index contributed by atoms with van der Waals surface area (Å²) in [6.45, 7) is 3.75. The maximum atomic E-state index is 13.3. The molecule has 0 unspecified atom stereocenters. The molecule has 0 atom stereocenters. The number of fused-ring (bicyclic) bond motifs is 3. The molecule has 5 rings (SSSR count). The van der Waals surface area contributed by atoms with E-state index in [-0.39, 0.29) is 17.9 Å². The molecule has 1 amide bonds. The molecule has 0 aliphatic rings. The van der Waals surface area contributed by atoms with E-state index in [4.69, 9.17) is 4.52 Å². The van der Waals surface area contributed by atoms with Gasteiger partial charge in [0.1, 0.15) is 5.76 Å². The number of para-hydroxylation sites is 1. The quantitative estimate of drug-likeness (QED) is 0.385. The Morgan fingerprint density at radius 1 is 1.09 bits per heavy atom. The molecule has 9 nitrogen and oxygen atoms in total. The molecule has 1 N–H and O–H groups in total. The van der Waals surface area contributed by atoms with Crippen LogP contribution >= 0.6 is 11.8 Å². The summed E-state index contributed by atoms with van der Waals surface area (Å²) in [4.78, 5) is 25.6. The Hall–Kier alpha value is -3.92. The topological polar surface area (TPSA) is 107 Å². The summed E-state index contributed by atoms with van der Waals surface area (Å²) in [6, 6.07) is 16.7. The van der Waals surface area contributed by atoms with Gasteiger partial charge in [-0.15, -0.1) is 10.2 Å². The Labute approximate surface area is 192 Å². The third kappa shape index (κ3) is 4.00. The summed E-state index contributed by atoms with van der Waals surface area (Å²) in [7, 11) is 0. The maximum Gasteiger partial charge on any atom is 0.267 e. The second-order valence-corrected chi connectivity index (χ2v) is 8.64. The molecular weight excluding hydrogens is 440 g/mol. The van der Waals surface area contributed by atoms with Gasteiger partial charge in [0, 0.05) is 18.2 Å². The zero-order chi connectivity index (χ0) is 22.9. The number of benzene rings is 2. The van der Waals surface area contributed by atoms with Gasteiger partial charge in [-0.05, 0) is 38.1 Å². The molecule has 0 fully saturated rings. The lowest BCUT2D eigenvalue weighted by atomic mass is 10.2. The summed E-state index contributed by atoms with van der Waals surface area (Å²) in [5.74, 6) is 1.74. The molecular formula is C23H20N6O3S. The van der Waals surface area contributed by atoms with E-state index in [9.17, 15) is 9.59 Å². The maximum absolute atomic E-state index is 13.3. The summed E-state index contributed by atoms with van der Waals surface area (Å²) in [5.41, 5.74) is 2.37. The highest BCUT2D eigenvalue weighted by atomic mass is 32.2. The fraction of sp³-hybridized carbons (Fsp3) is 0.174. The van der Waals surface area contributed by atoms with Crippen LogP contribution < -0.4 is 10.9 Å². The number of aromatic nitrogens is 5. The number of carbonyl (C=O) groups is 1. The Balaban J connectivity index is 1.48. The van der Waals surface area contributed by atoms with Crippen LogP contribution in [0.4, 0.5) is 5.82 Å². The third-order valence-electron chi connectivity index (χ3n) is 5.14. The number of rotatable bonds is 6. The Kier molecular flexibility index (Phi) is 5.43. The summed E-state index contributed by atoms with van der Waals surface area (Å²) >= 11 is 1.40. The number of nitrogens with zero attached hydrogens (tertiary/aromatic N) is 5. The zero-order valence-corrected chi connectivity index (χ0v) is 18.8. The minimum Gasteiger partial charge on any atom is -0.360 e. The first kappa shape index (κ1) is 21.0. The van der Waals surface area contributed by atoms with Crippen molar-refractivity contribution >= 4 is 40.2 Å². The minimum absolute atomic E-state index is 0.159. The van der Waals surface area contributed by atoms with Crippen molar-refractivity contribution in [3.63, 3.8) is 0 Å². The number of carbonyl (C=O) groups excluding carboxylic acids is 1. The Morgan fingerprint density at radius 2 is 1.88 bits per heavy atom. The molecule has 2 aromatic carbocycles. The second kappa shape index (κ2) is 8.55. The standard InChI is InChI=1S/C23H20N6O3S/c1-14-7-9-16(10-8-14)28-21(31)17-5-3-4-6-18(17)29-22(28)25-26-23(29)33-12-11-20(30)24-19-13-15(2)32-27-19/h3-10,13H,11-12H2,1-2H3,(H,24,27,30). The van der Waals surface area contributed by atoms with Gasteiger partial charge in [-0.2, -0.15) is 0 Å². The highest BCUT2D eigenvalue weighted by Crippen LogP contribution is 2.24. The van der Waals surface area contributed by atoms with E-state index in [1.807, 2.05) is 53.8 Å². The van der Waals surface area contributed by atoms with E-state index in [0.29, 0.717) is 39.3 Å². The molecule has 0 spiro atoms. The predicted molar refractivity (Wildman–Crippen MR) is 126 cm³/mol. The number of thioether (sulfide) groups is 1. The van der Waals surface area contributed by atoms with E-state index in [1.165, 1.54) is 11.8 Å². The first-order valence-corrected chi connectivity index (χ1v) is 11.3. The van der Waals surface area contributed by atoms with Crippen LogP contribution in [-0.2, 0) is 4.79 Å². The van der Waals surface area contributed by atoms with Crippen molar-refractivity contribution in [2.45, 2.75) is 25.4 Å². The van der Waals surface area contributed by atoms with E-state index in [2.05, 4.69) is 20.7 Å². The molecule has 0 saturated carbocycles. The van der Waals surface area contributed by atoms with Crippen molar-refractivity contribution in [1.29, 1.82) is 0 Å². The van der Waals surface area contributed by atoms with Crippen LogP contribution in [0.3, 0.4) is 0 Å². The number of hydrogen-bond acceptors (Lipinski definition) is 7. The lowest BCUT2D eigenvalue weighted by Crippen LogP contribution is -2.21. The molecule has 0 radical (unpaired) electrons. The van der Waals surface area contributed by atoms with Crippen LogP contribution in [0.1, 0.15) is 17.7 Å². The highest BCUT2D eigenvalue weighted by Gasteiger charge is 2.18. The van der Waals surface area contributed by atoms with Gasteiger partial charge in [0.2, 0.25) is 11.7 Å². The average molecular weight is 461 g/mol. The number of nitrogens with one attached hydrogen (secondary N) is 1. The van der Waals surface area contributed by atoms with Gasteiger partial charge in [0.15, 0.2) is 11.0 Å². The second-order valence-electron chi connectivity index (χ2n) is 7.58. The fourth-order valence-corrected chi connectivity index (χ4v) is 4.44. The molecule has 0 aliphatic carbocycles. The largest absolute Gasteiger partial charge is 0.360 e. The van der Waals surface area contributed by atoms with E-state index >= 15 is 0 Å². The monoisotopic (exact) mass is 460 g/mol. The van der Waals surface area contributed by atoms with E-state index in [0.717, 1.165) is 11.1 Å². The number of amides is 1. The predicted octanol–water partition coefficient (Wildman–Crippen LogP) is 3.76. The van der Waals surface area contributed by atoms with Crippen molar-refractivity contribution in [1.82, 2.24) is 24.3 Å². The molecule has 166 valence electrons. The molecule has 3 heterocycles. The number of anilines is 1. The van der Waals surface area contributed by atoms with E-state index < -0.39 is 0 Å². The van der Waals surface area contributed by atoms with Gasteiger partial charge >= 0.3 is 0 Å². The zero-order valence-electron chi connectivity index (χ0n) is 18.0. The summed E-state index contributed by atoms with van der Waals surface area (Å²) < 4.78 is 8.39. The minimum atomic E-state index is -0.175. The number of aryl methyl sites for hydroxylation is 2. The van der Waals surface area contributed by atoms with Crippen LogP contribution in [0, 0.1) is 13.8 Å². The summed E-state index contributed by atoms with van der Waals surface area (Å²) in [6.07, 6.45) is 0.251. The SMILES string of the molecule is Cc1ccc(-n2c(=O)c3ccccc3n3c(SCCC(=O)Nc4cc(C)on4)nnc23)cc1. The summed E-state index contributed by atoms with van der Waals surface area (Å²) in [5, 5.41) is 16.3. The van der Waals surface area contributed by atoms with Crippen LogP contribution in [-0.4, -0.2) is 36.0 Å². The average Bonchev–Trinajstić information content (AvgIpc) is 3.41. The van der Waals surface area contributed by atoms with Gasteiger partial charge in [-0.3, -0.25) is 14.0 Å². The normalized spacial score (nSPS) is 11.3. The van der Waals surface area contributed by atoms with E-state index in [1.54, 1.807) is 23.6 Å². The first-order valence-electron chi connectivity index (χ1n) is 10.3. The van der Waals surface area contributed by atoms with Gasteiger partial charge < -0.3 is 9.84 Å². The third-order valence-corrected chi connectivity index (χ3v) is 6.07. The van der Waals surface area contributed by atoms with Crippen LogP contribution in [0.2, 0.25) is 0 Å². The van der Waals surface area contributed by atoms with Crippen molar-refractivity contribution < 1.29 is 9.32 Å². The van der Waals surface area contributed by atoms with Crippen LogP contribution in [0.15, 0.2) is 69.1 Å². The number of hydrogen-bond donors (Lipinski definition) is 1. The molecule has 0 saturated heterocycles. The molecule has 0 aliphatic heterocycles. The smallest absolute Gasteiger partial charge is 0.267 e. The molecule has 0 bridgehead atoms. The molecule has 33 heavy (non-hydrogen) atoms. The van der Waals surface area contributed by atoms with Crippen molar-refractivity contribution in [2.24, 2.45) is 0 Å². The van der Waals surface area contributed by atoms with Crippen LogP contribution in [0.25, 0.3) is 22.4 Å². The van der Waals surface area contributed by atoms with Gasteiger partial charge in [-0.1, -0.05) is 46.7 Å². The van der Waals surface area contributed by atoms with Crippen LogP contribution in [0.5, 0.6) is 0 Å². The fourth-order valence-electron chi connectivity index (χ4n) is 3.56. The molecule has 3 aromatic heterocycles. The van der Waals surface area contributed by atoms with Crippen molar-refractivity contribution in [3.05, 3.63) is 76.3 Å². The van der Waals surface area contributed by atoms with Gasteiger partial charge in [0.05, 0.1) is 16.6 Å². The molecule has 5 aromatic rings. The molecule has 10 heteroatoms. The Morgan fingerprint density at radius 3 is 2.64 bits per heavy atom. The lowest BCUT2D eigenvalue weighted by Gasteiger charge is -2.11. The van der Waals surface area contributed by atoms with Gasteiger partial charge in [0.25, 0.3) is 5.56 Å². The highest BCUT2D eigenvalue weighted by molar-refractivity contribution is 7.99. The van der Waals surface area contributed by atoms with Gasteiger partial charge in [-0.25, -0.2) is 4.57 Å². The lowest BCUT2D eigenvalue weighted by molar-refractivity contribution is -0.115.